The van der Waals surface area contributed by atoms with Crippen molar-refractivity contribution in [2.75, 3.05) is 23.4 Å². The Morgan fingerprint density at radius 2 is 2.03 bits per heavy atom. The summed E-state index contributed by atoms with van der Waals surface area (Å²) in [5, 5.41) is 3.78. The van der Waals surface area contributed by atoms with E-state index in [1.807, 2.05) is 41.9 Å². The van der Waals surface area contributed by atoms with E-state index in [0.717, 1.165) is 29.7 Å². The highest BCUT2D eigenvalue weighted by molar-refractivity contribution is 6.32. The van der Waals surface area contributed by atoms with Gasteiger partial charge in [-0.2, -0.15) is 0 Å². The molecule has 180 valence electrons. The smallest absolute Gasteiger partial charge is 0.226 e. The van der Waals surface area contributed by atoms with Gasteiger partial charge in [-0.05, 0) is 36.8 Å². The number of ether oxygens (including phenoxy) is 2. The van der Waals surface area contributed by atoms with Crippen LogP contribution in [0.25, 0.3) is 22.1 Å². The van der Waals surface area contributed by atoms with Crippen LogP contribution in [0.3, 0.4) is 0 Å². The van der Waals surface area contributed by atoms with Crippen molar-refractivity contribution in [3.63, 3.8) is 0 Å². The van der Waals surface area contributed by atoms with Crippen LogP contribution < -0.4 is 15.0 Å². The summed E-state index contributed by atoms with van der Waals surface area (Å²) in [5.41, 5.74) is 3.94. The molecule has 7 rings (SSSR count). The van der Waals surface area contributed by atoms with Gasteiger partial charge in [0.15, 0.2) is 5.82 Å². The molecule has 2 bridgehead atoms. The van der Waals surface area contributed by atoms with Gasteiger partial charge in [-0.3, -0.25) is 0 Å². The molecule has 2 fully saturated rings. The molecule has 2 aliphatic rings. The topological polar surface area (TPSA) is 103 Å². The molecule has 2 aromatic carbocycles. The zero-order chi connectivity index (χ0) is 24.2. The molecule has 2 aliphatic heterocycles. The van der Waals surface area contributed by atoms with E-state index in [9.17, 15) is 0 Å². The SMILES string of the molecule is Cn1cnc2cc(Oc3ccc(Nc4ncnc5cnc(N6C[C@@H]7C[C@H]6CO7)nc45)cc3Cl)ccc21. The van der Waals surface area contributed by atoms with Crippen molar-refractivity contribution >= 4 is 51.1 Å². The van der Waals surface area contributed by atoms with Gasteiger partial charge in [-0.25, -0.2) is 24.9 Å². The molecule has 0 unspecified atom stereocenters. The molecule has 2 saturated heterocycles. The predicted octanol–water partition coefficient (Wildman–Crippen LogP) is 4.47. The van der Waals surface area contributed by atoms with Gasteiger partial charge in [-0.1, -0.05) is 11.6 Å². The highest BCUT2D eigenvalue weighted by atomic mass is 35.5. The summed E-state index contributed by atoms with van der Waals surface area (Å²) in [6.45, 7) is 1.52. The molecule has 10 nitrogen and oxygen atoms in total. The first kappa shape index (κ1) is 21.3. The van der Waals surface area contributed by atoms with Crippen molar-refractivity contribution < 1.29 is 9.47 Å². The number of benzene rings is 2. The average Bonchev–Trinajstić information content (AvgIpc) is 3.62. The van der Waals surface area contributed by atoms with E-state index in [1.165, 1.54) is 6.33 Å². The van der Waals surface area contributed by atoms with Crippen LogP contribution in [0.5, 0.6) is 11.5 Å². The molecule has 5 aromatic rings. The molecule has 0 saturated carbocycles. The summed E-state index contributed by atoms with van der Waals surface area (Å²) in [6.07, 6.45) is 6.27. The molecule has 0 spiro atoms. The minimum atomic E-state index is 0.257. The van der Waals surface area contributed by atoms with Crippen LogP contribution in [0.2, 0.25) is 5.02 Å². The van der Waals surface area contributed by atoms with E-state index in [0.29, 0.717) is 52.0 Å². The maximum absolute atomic E-state index is 6.57. The Hall–Kier alpha value is -4.02. The maximum Gasteiger partial charge on any atom is 0.226 e. The van der Waals surface area contributed by atoms with E-state index in [4.69, 9.17) is 26.1 Å². The van der Waals surface area contributed by atoms with Crippen molar-refractivity contribution in [2.45, 2.75) is 18.6 Å². The monoisotopic (exact) mass is 500 g/mol. The normalized spacial score (nSPS) is 18.9. The van der Waals surface area contributed by atoms with Gasteiger partial charge in [0.2, 0.25) is 5.95 Å². The number of aryl methyl sites for hydroxylation is 1. The van der Waals surface area contributed by atoms with Crippen LogP contribution in [0.1, 0.15) is 6.42 Å². The standard InChI is InChI=1S/C25H21ClN8O2/c1-33-13-30-19-8-16(3-4-21(19)33)36-22-5-2-14(6-18(22)26)31-24-23-20(28-12-29-24)9-27-25(32-23)34-10-17-7-15(34)11-35-17/h2-6,8-9,12-13,15,17H,7,10-11H2,1H3,(H,28,29,31)/t15-,17-/m0/s1. The lowest BCUT2D eigenvalue weighted by Gasteiger charge is -2.26. The van der Waals surface area contributed by atoms with Gasteiger partial charge >= 0.3 is 0 Å². The van der Waals surface area contributed by atoms with Crippen LogP contribution in [-0.2, 0) is 11.8 Å². The van der Waals surface area contributed by atoms with Gasteiger partial charge in [0.1, 0.15) is 28.9 Å². The Kier molecular flexibility index (Phi) is 4.90. The number of hydrogen-bond acceptors (Lipinski definition) is 9. The number of morpholine rings is 1. The Labute approximate surface area is 210 Å². The predicted molar refractivity (Wildman–Crippen MR) is 136 cm³/mol. The minimum Gasteiger partial charge on any atom is -0.456 e. The molecule has 3 aromatic heterocycles. The lowest BCUT2D eigenvalue weighted by Crippen LogP contribution is -2.38. The highest BCUT2D eigenvalue weighted by Gasteiger charge is 2.40. The summed E-state index contributed by atoms with van der Waals surface area (Å²) in [7, 11) is 1.96. The number of anilines is 3. The fourth-order valence-corrected chi connectivity index (χ4v) is 5.04. The number of fused-ring (bicyclic) bond motifs is 4. The average molecular weight is 501 g/mol. The van der Waals surface area contributed by atoms with E-state index in [-0.39, 0.29) is 6.10 Å². The fraction of sp³-hybridized carbons (Fsp3) is 0.240. The second-order valence-electron chi connectivity index (χ2n) is 9.00. The molecule has 2 atom stereocenters. The number of halogens is 1. The summed E-state index contributed by atoms with van der Waals surface area (Å²) in [6, 6.07) is 11.6. The van der Waals surface area contributed by atoms with Crippen molar-refractivity contribution in [1.29, 1.82) is 0 Å². The van der Waals surface area contributed by atoms with Gasteiger partial charge in [-0.15, -0.1) is 0 Å². The van der Waals surface area contributed by atoms with Crippen LogP contribution in [0, 0.1) is 0 Å². The molecular formula is C25H21ClN8O2. The van der Waals surface area contributed by atoms with Gasteiger partial charge in [0.25, 0.3) is 0 Å². The van der Waals surface area contributed by atoms with Gasteiger partial charge in [0, 0.05) is 25.3 Å². The van der Waals surface area contributed by atoms with Crippen molar-refractivity contribution in [1.82, 2.24) is 29.5 Å². The number of nitrogens with zero attached hydrogens (tertiary/aromatic N) is 7. The van der Waals surface area contributed by atoms with Gasteiger partial charge in [0.05, 0.1) is 47.3 Å². The first-order chi connectivity index (χ1) is 17.6. The Morgan fingerprint density at radius 1 is 1.08 bits per heavy atom. The van der Waals surface area contributed by atoms with Crippen LogP contribution >= 0.6 is 11.6 Å². The lowest BCUT2D eigenvalue weighted by molar-refractivity contribution is 0.0986. The Balaban J connectivity index is 1.15. The molecule has 5 heterocycles. The van der Waals surface area contributed by atoms with Crippen molar-refractivity contribution in [2.24, 2.45) is 7.05 Å². The fourth-order valence-electron chi connectivity index (χ4n) is 4.82. The van der Waals surface area contributed by atoms with Crippen LogP contribution in [-0.4, -0.2) is 54.8 Å². The van der Waals surface area contributed by atoms with Crippen LogP contribution in [0.15, 0.2) is 55.2 Å². The molecule has 0 radical (unpaired) electrons. The number of aromatic nitrogens is 6. The minimum absolute atomic E-state index is 0.257. The quantitative estimate of drug-likeness (QED) is 0.374. The van der Waals surface area contributed by atoms with Crippen molar-refractivity contribution in [3.05, 3.63) is 60.3 Å². The van der Waals surface area contributed by atoms with Crippen molar-refractivity contribution in [3.8, 4) is 11.5 Å². The lowest BCUT2D eigenvalue weighted by atomic mass is 10.2. The zero-order valence-electron chi connectivity index (χ0n) is 19.3. The first-order valence-electron chi connectivity index (χ1n) is 11.6. The van der Waals surface area contributed by atoms with E-state index in [2.05, 4.69) is 30.2 Å². The third kappa shape index (κ3) is 3.66. The largest absolute Gasteiger partial charge is 0.456 e. The Bertz CT molecular complexity index is 1620. The second kappa shape index (κ2) is 8.28. The first-order valence-corrected chi connectivity index (χ1v) is 12.0. The van der Waals surface area contributed by atoms with Gasteiger partial charge < -0.3 is 24.3 Å². The summed E-state index contributed by atoms with van der Waals surface area (Å²) >= 11 is 6.57. The second-order valence-corrected chi connectivity index (χ2v) is 9.41. The molecule has 11 heteroatoms. The number of rotatable bonds is 5. The molecule has 0 amide bonds. The summed E-state index contributed by atoms with van der Waals surface area (Å²) in [5.74, 6) is 2.45. The van der Waals surface area contributed by atoms with E-state index in [1.54, 1.807) is 18.6 Å². The summed E-state index contributed by atoms with van der Waals surface area (Å²) in [4.78, 5) is 24.7. The molecular weight excluding hydrogens is 480 g/mol. The third-order valence-corrected chi connectivity index (χ3v) is 6.94. The molecule has 36 heavy (non-hydrogen) atoms. The van der Waals surface area contributed by atoms with E-state index < -0.39 is 0 Å². The van der Waals surface area contributed by atoms with E-state index >= 15 is 0 Å². The molecule has 0 aliphatic carbocycles. The molecule has 1 N–H and O–H groups in total. The Morgan fingerprint density at radius 3 is 2.86 bits per heavy atom. The maximum atomic E-state index is 6.57. The zero-order valence-corrected chi connectivity index (χ0v) is 20.1. The van der Waals surface area contributed by atoms with Crippen LogP contribution in [0.4, 0.5) is 17.5 Å². The summed E-state index contributed by atoms with van der Waals surface area (Å²) < 4.78 is 13.7. The number of hydrogen-bond donors (Lipinski definition) is 1. The third-order valence-electron chi connectivity index (χ3n) is 6.64. The number of imidazole rings is 1. The highest BCUT2D eigenvalue weighted by Crippen LogP contribution is 2.35. The number of nitrogens with one attached hydrogen (secondary N) is 1.